The largest absolute Gasteiger partial charge is 0.0925 e. The van der Waals surface area contributed by atoms with E-state index in [9.17, 15) is 0 Å². The Morgan fingerprint density at radius 3 is 2.31 bits per heavy atom. The summed E-state index contributed by atoms with van der Waals surface area (Å²) in [4.78, 5) is 0. The summed E-state index contributed by atoms with van der Waals surface area (Å²) in [6.45, 7) is 6.43. The quantitative estimate of drug-likeness (QED) is 0.495. The summed E-state index contributed by atoms with van der Waals surface area (Å²) in [5.41, 5.74) is 0.246. The molecule has 0 aromatic rings. The van der Waals surface area contributed by atoms with Crippen molar-refractivity contribution in [1.82, 2.24) is 0 Å². The van der Waals surface area contributed by atoms with Crippen molar-refractivity contribution >= 4 is 0 Å². The first-order chi connectivity index (χ1) is 6.16. The van der Waals surface area contributed by atoms with E-state index in [0.717, 1.165) is 5.92 Å². The normalized spacial score (nSPS) is 32.4. The Bertz CT molecular complexity index is 269. The molecule has 0 atom stereocenters. The van der Waals surface area contributed by atoms with Gasteiger partial charge in [0.25, 0.3) is 0 Å². The molecule has 13 heavy (non-hydrogen) atoms. The van der Waals surface area contributed by atoms with E-state index in [2.05, 4.69) is 37.5 Å². The number of hydrogen-bond donors (Lipinski definition) is 0. The van der Waals surface area contributed by atoms with Gasteiger partial charge in [0.05, 0.1) is 0 Å². The minimum Gasteiger partial charge on any atom is -0.0925 e. The van der Waals surface area contributed by atoms with E-state index in [1.54, 1.807) is 0 Å². The molecule has 0 saturated heterocycles. The molecule has 1 saturated carbocycles. The molecule has 0 nitrogen and oxygen atoms in total. The standard InChI is InChI=1S/C13H18/c1-4-5-6-9-13(3)10-7-12(2)8-11-13/h12H,7-8,10-11H2,1-3H3. The van der Waals surface area contributed by atoms with Gasteiger partial charge in [-0.1, -0.05) is 18.8 Å². The lowest BCUT2D eigenvalue weighted by Crippen LogP contribution is -2.21. The second-order valence-corrected chi connectivity index (χ2v) is 4.37. The van der Waals surface area contributed by atoms with Gasteiger partial charge in [-0.05, 0) is 57.3 Å². The maximum absolute atomic E-state index is 3.30. The van der Waals surface area contributed by atoms with Gasteiger partial charge in [-0.25, -0.2) is 0 Å². The summed E-state index contributed by atoms with van der Waals surface area (Å²) < 4.78 is 0. The van der Waals surface area contributed by atoms with E-state index in [1.165, 1.54) is 25.7 Å². The first-order valence-corrected chi connectivity index (χ1v) is 5.10. The molecule has 1 fully saturated rings. The van der Waals surface area contributed by atoms with Crippen molar-refractivity contribution in [1.29, 1.82) is 0 Å². The van der Waals surface area contributed by atoms with Crippen molar-refractivity contribution in [2.24, 2.45) is 11.3 Å². The van der Waals surface area contributed by atoms with Crippen LogP contribution in [-0.4, -0.2) is 0 Å². The Hall–Kier alpha value is -0.880. The molecule has 0 heterocycles. The summed E-state index contributed by atoms with van der Waals surface area (Å²) in [7, 11) is 0. The first-order valence-electron chi connectivity index (χ1n) is 5.10. The van der Waals surface area contributed by atoms with Crippen molar-refractivity contribution in [3.8, 4) is 23.7 Å². The highest BCUT2D eigenvalue weighted by Crippen LogP contribution is 2.37. The summed E-state index contributed by atoms with van der Waals surface area (Å²) in [5.74, 6) is 12.8. The maximum atomic E-state index is 3.30. The van der Waals surface area contributed by atoms with Gasteiger partial charge in [-0.2, -0.15) is 0 Å². The minimum atomic E-state index is 0.246. The van der Waals surface area contributed by atoms with E-state index in [0.29, 0.717) is 0 Å². The van der Waals surface area contributed by atoms with E-state index >= 15 is 0 Å². The fraction of sp³-hybridized carbons (Fsp3) is 0.692. The van der Waals surface area contributed by atoms with Crippen molar-refractivity contribution in [3.63, 3.8) is 0 Å². The summed E-state index contributed by atoms with van der Waals surface area (Å²) >= 11 is 0. The van der Waals surface area contributed by atoms with Crippen LogP contribution in [0.1, 0.15) is 46.5 Å². The molecule has 1 aliphatic carbocycles. The molecule has 1 rings (SSSR count). The van der Waals surface area contributed by atoms with Crippen LogP contribution < -0.4 is 0 Å². The van der Waals surface area contributed by atoms with Gasteiger partial charge in [0.15, 0.2) is 0 Å². The second kappa shape index (κ2) is 4.38. The van der Waals surface area contributed by atoms with Gasteiger partial charge < -0.3 is 0 Å². The minimum absolute atomic E-state index is 0.246. The van der Waals surface area contributed by atoms with Crippen LogP contribution in [0.5, 0.6) is 0 Å². The van der Waals surface area contributed by atoms with Gasteiger partial charge in [0, 0.05) is 5.41 Å². The van der Waals surface area contributed by atoms with Gasteiger partial charge in [-0.15, -0.1) is 0 Å². The van der Waals surface area contributed by atoms with Gasteiger partial charge in [-0.3, -0.25) is 0 Å². The van der Waals surface area contributed by atoms with E-state index in [-0.39, 0.29) is 5.41 Å². The number of rotatable bonds is 0. The average Bonchev–Trinajstić information content (AvgIpc) is 2.12. The lowest BCUT2D eigenvalue weighted by atomic mass is 9.73. The zero-order valence-corrected chi connectivity index (χ0v) is 8.91. The summed E-state index contributed by atoms with van der Waals surface area (Å²) in [6, 6.07) is 0. The van der Waals surface area contributed by atoms with Crippen LogP contribution in [0.3, 0.4) is 0 Å². The van der Waals surface area contributed by atoms with Crippen LogP contribution in [0.4, 0.5) is 0 Å². The Kier molecular flexibility index (Phi) is 3.44. The van der Waals surface area contributed by atoms with E-state index < -0.39 is 0 Å². The number of hydrogen-bond acceptors (Lipinski definition) is 0. The van der Waals surface area contributed by atoms with Crippen LogP contribution in [0.15, 0.2) is 0 Å². The molecule has 0 amide bonds. The molecule has 0 radical (unpaired) electrons. The molecule has 0 N–H and O–H groups in total. The van der Waals surface area contributed by atoms with Crippen LogP contribution in [0.25, 0.3) is 0 Å². The Balaban J connectivity index is 2.57. The van der Waals surface area contributed by atoms with Crippen LogP contribution in [0, 0.1) is 35.0 Å². The molecule has 0 heteroatoms. The monoisotopic (exact) mass is 174 g/mol. The predicted molar refractivity (Wildman–Crippen MR) is 57.0 cm³/mol. The molecule has 0 aromatic carbocycles. The molecule has 0 aliphatic heterocycles. The van der Waals surface area contributed by atoms with Crippen LogP contribution in [-0.2, 0) is 0 Å². The highest BCUT2D eigenvalue weighted by atomic mass is 14.3. The van der Waals surface area contributed by atoms with Crippen LogP contribution >= 0.6 is 0 Å². The molecule has 1 aliphatic rings. The first kappa shape index (κ1) is 10.2. The van der Waals surface area contributed by atoms with Gasteiger partial charge >= 0.3 is 0 Å². The molecule has 0 unspecified atom stereocenters. The van der Waals surface area contributed by atoms with Crippen molar-refractivity contribution in [2.75, 3.05) is 0 Å². The zero-order valence-electron chi connectivity index (χ0n) is 8.91. The van der Waals surface area contributed by atoms with Crippen molar-refractivity contribution in [2.45, 2.75) is 46.5 Å². The zero-order chi connectivity index (χ0) is 9.73. The van der Waals surface area contributed by atoms with Crippen molar-refractivity contribution < 1.29 is 0 Å². The lowest BCUT2D eigenvalue weighted by Gasteiger charge is -2.31. The smallest absolute Gasteiger partial charge is 0.0297 e. The van der Waals surface area contributed by atoms with E-state index in [1.807, 2.05) is 6.92 Å². The van der Waals surface area contributed by atoms with Crippen LogP contribution in [0.2, 0.25) is 0 Å². The third-order valence-corrected chi connectivity index (χ3v) is 2.93. The highest BCUT2D eigenvalue weighted by molar-refractivity contribution is 5.28. The van der Waals surface area contributed by atoms with Crippen molar-refractivity contribution in [3.05, 3.63) is 0 Å². The molecule has 0 aromatic heterocycles. The lowest BCUT2D eigenvalue weighted by molar-refractivity contribution is 0.244. The highest BCUT2D eigenvalue weighted by Gasteiger charge is 2.27. The van der Waals surface area contributed by atoms with E-state index in [4.69, 9.17) is 0 Å². The Labute approximate surface area is 82.1 Å². The molecular formula is C13H18. The SMILES string of the molecule is CC#CC#CC1(C)CCC(C)CC1. The summed E-state index contributed by atoms with van der Waals surface area (Å²) in [5, 5.41) is 0. The fourth-order valence-electron chi connectivity index (χ4n) is 1.77. The van der Waals surface area contributed by atoms with Gasteiger partial charge in [0.1, 0.15) is 0 Å². The second-order valence-electron chi connectivity index (χ2n) is 4.37. The average molecular weight is 174 g/mol. The third kappa shape index (κ3) is 3.16. The molecular weight excluding hydrogens is 156 g/mol. The van der Waals surface area contributed by atoms with Gasteiger partial charge in [0.2, 0.25) is 0 Å². The molecule has 70 valence electrons. The Morgan fingerprint density at radius 2 is 1.77 bits per heavy atom. The topological polar surface area (TPSA) is 0 Å². The molecule has 0 bridgehead atoms. The summed E-state index contributed by atoms with van der Waals surface area (Å²) in [6.07, 6.45) is 5.13. The predicted octanol–water partition coefficient (Wildman–Crippen LogP) is 3.23. The molecule has 0 spiro atoms. The maximum Gasteiger partial charge on any atom is 0.0297 e. The fourth-order valence-corrected chi connectivity index (χ4v) is 1.77. The Morgan fingerprint density at radius 1 is 1.15 bits per heavy atom. The third-order valence-electron chi connectivity index (χ3n) is 2.93.